The standard InChI is InChI=1S/C31H43BO3S/c1-28(2,3)20-31(9,29(4,5)6)27(33)34-30(7,8)21-32(10)35-24-17-16-23-18-25(36-26(23)19-24)22-14-12-11-13-15-22/h11-19H,20-21H2,1-10H3. The van der Waals surface area contributed by atoms with Crippen LogP contribution >= 0.6 is 11.3 Å². The average Bonchev–Trinajstić information content (AvgIpc) is 3.15. The highest BCUT2D eigenvalue weighted by Crippen LogP contribution is 2.48. The SMILES string of the molecule is CB(CC(C)(C)OC(=O)C(C)(CC(C)(C)C)C(C)(C)C)Oc1ccc2cc(-c3ccccc3)sc2c1. The van der Waals surface area contributed by atoms with Gasteiger partial charge in [0.2, 0.25) is 0 Å². The van der Waals surface area contributed by atoms with Crippen LogP contribution in [0.25, 0.3) is 20.5 Å². The Kier molecular flexibility index (Phi) is 8.05. The van der Waals surface area contributed by atoms with Gasteiger partial charge in [-0.1, -0.05) is 71.9 Å². The number of ether oxygens (including phenoxy) is 1. The molecule has 0 N–H and O–H groups in total. The van der Waals surface area contributed by atoms with Crippen LogP contribution in [0.3, 0.4) is 0 Å². The van der Waals surface area contributed by atoms with Crippen LogP contribution < -0.4 is 4.65 Å². The van der Waals surface area contributed by atoms with Crippen molar-refractivity contribution in [1.82, 2.24) is 0 Å². The molecule has 0 aliphatic carbocycles. The molecule has 1 unspecified atom stereocenters. The van der Waals surface area contributed by atoms with E-state index in [0.717, 1.165) is 12.2 Å². The molecule has 0 saturated carbocycles. The van der Waals surface area contributed by atoms with Gasteiger partial charge < -0.3 is 9.39 Å². The normalized spacial score (nSPS) is 14.4. The van der Waals surface area contributed by atoms with E-state index in [4.69, 9.17) is 9.39 Å². The first-order valence-corrected chi connectivity index (χ1v) is 13.8. The monoisotopic (exact) mass is 506 g/mol. The van der Waals surface area contributed by atoms with Crippen molar-refractivity contribution in [2.45, 2.75) is 87.5 Å². The molecule has 0 fully saturated rings. The summed E-state index contributed by atoms with van der Waals surface area (Å²) in [6.07, 6.45) is 1.36. The van der Waals surface area contributed by atoms with Gasteiger partial charge in [-0.15, -0.1) is 11.3 Å². The minimum atomic E-state index is -0.644. The Morgan fingerprint density at radius 1 is 0.889 bits per heavy atom. The average molecular weight is 507 g/mol. The van der Waals surface area contributed by atoms with Crippen LogP contribution in [0.4, 0.5) is 0 Å². The van der Waals surface area contributed by atoms with Crippen molar-refractivity contribution < 1.29 is 14.2 Å². The van der Waals surface area contributed by atoms with Gasteiger partial charge in [-0.3, -0.25) is 4.79 Å². The number of fused-ring (bicyclic) bond motifs is 1. The second-order valence-electron chi connectivity index (χ2n) is 13.3. The lowest BCUT2D eigenvalue weighted by atomic mass is 9.60. The molecule has 5 heteroatoms. The number of carbonyl (C=O) groups excluding carboxylic acids is 1. The fourth-order valence-corrected chi connectivity index (χ4v) is 6.00. The minimum Gasteiger partial charge on any atom is -0.561 e. The summed E-state index contributed by atoms with van der Waals surface area (Å²) in [4.78, 5) is 14.8. The topological polar surface area (TPSA) is 35.5 Å². The summed E-state index contributed by atoms with van der Waals surface area (Å²) in [5, 5.41) is 1.22. The quantitative estimate of drug-likeness (QED) is 0.225. The zero-order valence-corrected chi connectivity index (χ0v) is 24.6. The maximum absolute atomic E-state index is 13.5. The predicted octanol–water partition coefficient (Wildman–Crippen LogP) is 9.38. The van der Waals surface area contributed by atoms with Crippen molar-refractivity contribution in [2.24, 2.45) is 16.2 Å². The highest BCUT2D eigenvalue weighted by molar-refractivity contribution is 7.22. The molecule has 3 nitrogen and oxygen atoms in total. The Morgan fingerprint density at radius 2 is 1.53 bits per heavy atom. The zero-order valence-electron chi connectivity index (χ0n) is 23.8. The predicted molar refractivity (Wildman–Crippen MR) is 156 cm³/mol. The number of esters is 1. The minimum absolute atomic E-state index is 0.0163. The van der Waals surface area contributed by atoms with Crippen molar-refractivity contribution in [1.29, 1.82) is 0 Å². The van der Waals surface area contributed by atoms with Crippen molar-refractivity contribution >= 4 is 34.3 Å². The van der Waals surface area contributed by atoms with Crippen LogP contribution in [0.2, 0.25) is 13.1 Å². The van der Waals surface area contributed by atoms with Gasteiger partial charge in [-0.05, 0) is 80.1 Å². The molecule has 0 amide bonds. The van der Waals surface area contributed by atoms with E-state index in [1.165, 1.54) is 20.5 Å². The molecule has 0 bridgehead atoms. The summed E-state index contributed by atoms with van der Waals surface area (Å²) >= 11 is 1.77. The summed E-state index contributed by atoms with van der Waals surface area (Å²) in [6, 6.07) is 18.9. The van der Waals surface area contributed by atoms with Gasteiger partial charge in [0.15, 0.2) is 0 Å². The molecule has 1 heterocycles. The number of benzene rings is 2. The first kappa shape index (κ1) is 28.3. The molecule has 0 radical (unpaired) electrons. The van der Waals surface area contributed by atoms with E-state index in [9.17, 15) is 4.79 Å². The number of rotatable bonds is 8. The first-order valence-electron chi connectivity index (χ1n) is 13.0. The Morgan fingerprint density at radius 3 is 2.11 bits per heavy atom. The highest BCUT2D eigenvalue weighted by atomic mass is 32.1. The van der Waals surface area contributed by atoms with E-state index in [1.807, 2.05) is 32.8 Å². The van der Waals surface area contributed by atoms with Crippen LogP contribution in [-0.2, 0) is 9.53 Å². The van der Waals surface area contributed by atoms with E-state index in [0.29, 0.717) is 6.32 Å². The fourth-order valence-electron chi connectivity index (χ4n) is 4.91. The fraction of sp³-hybridized carbons (Fsp3) is 0.516. The number of thiophene rings is 1. The van der Waals surface area contributed by atoms with Gasteiger partial charge in [0.1, 0.15) is 5.60 Å². The van der Waals surface area contributed by atoms with E-state index < -0.39 is 11.0 Å². The number of hydrogen-bond acceptors (Lipinski definition) is 4. The maximum atomic E-state index is 13.5. The summed E-state index contributed by atoms with van der Waals surface area (Å²) in [5.74, 6) is 0.710. The second kappa shape index (κ2) is 10.2. The molecule has 1 atom stereocenters. The van der Waals surface area contributed by atoms with Crippen LogP contribution in [0.15, 0.2) is 54.6 Å². The van der Waals surface area contributed by atoms with Gasteiger partial charge in [-0.25, -0.2) is 0 Å². The van der Waals surface area contributed by atoms with Crippen LogP contribution in [-0.4, -0.2) is 18.5 Å². The van der Waals surface area contributed by atoms with E-state index in [2.05, 4.69) is 90.9 Å². The van der Waals surface area contributed by atoms with E-state index in [1.54, 1.807) is 11.3 Å². The molecule has 0 saturated heterocycles. The third-order valence-corrected chi connectivity index (χ3v) is 8.17. The Hall–Kier alpha value is -2.27. The molecule has 0 aliphatic rings. The lowest BCUT2D eigenvalue weighted by molar-refractivity contribution is -0.176. The molecule has 36 heavy (non-hydrogen) atoms. The number of hydrogen-bond donors (Lipinski definition) is 0. The molecule has 1 aromatic heterocycles. The molecular weight excluding hydrogens is 463 g/mol. The van der Waals surface area contributed by atoms with E-state index in [-0.39, 0.29) is 23.7 Å². The van der Waals surface area contributed by atoms with E-state index >= 15 is 0 Å². The van der Waals surface area contributed by atoms with Crippen molar-refractivity contribution in [2.75, 3.05) is 0 Å². The van der Waals surface area contributed by atoms with Gasteiger partial charge in [0.25, 0.3) is 0 Å². The highest BCUT2D eigenvalue weighted by Gasteiger charge is 2.49. The van der Waals surface area contributed by atoms with Gasteiger partial charge in [0, 0.05) is 15.9 Å². The van der Waals surface area contributed by atoms with Gasteiger partial charge in [-0.2, -0.15) is 0 Å². The van der Waals surface area contributed by atoms with Crippen LogP contribution in [0.5, 0.6) is 5.75 Å². The first-order chi connectivity index (χ1) is 16.5. The molecule has 3 rings (SSSR count). The zero-order chi connectivity index (χ0) is 26.9. The third-order valence-electron chi connectivity index (χ3n) is 7.02. The Bertz CT molecular complexity index is 1180. The molecule has 194 valence electrons. The second-order valence-corrected chi connectivity index (χ2v) is 14.4. The Labute approximate surface area is 222 Å². The maximum Gasteiger partial charge on any atom is 0.358 e. The van der Waals surface area contributed by atoms with Gasteiger partial charge in [0.05, 0.1) is 11.2 Å². The lowest BCUT2D eigenvalue weighted by Crippen LogP contribution is -2.47. The Balaban J connectivity index is 1.69. The van der Waals surface area contributed by atoms with Crippen molar-refractivity contribution in [3.8, 4) is 16.2 Å². The lowest BCUT2D eigenvalue weighted by Gasteiger charge is -2.45. The molecule has 0 spiro atoms. The molecular formula is C31H43BO3S. The summed E-state index contributed by atoms with van der Waals surface area (Å²) in [7, 11) is 0. The van der Waals surface area contributed by atoms with Crippen molar-refractivity contribution in [3.63, 3.8) is 0 Å². The summed E-state index contributed by atoms with van der Waals surface area (Å²) < 4.78 is 13.7. The number of carbonyl (C=O) groups is 1. The summed E-state index contributed by atoms with van der Waals surface area (Å²) in [5.41, 5.74) is -0.208. The molecule has 3 aromatic rings. The van der Waals surface area contributed by atoms with Gasteiger partial charge >= 0.3 is 12.9 Å². The largest absolute Gasteiger partial charge is 0.561 e. The van der Waals surface area contributed by atoms with Crippen molar-refractivity contribution in [3.05, 3.63) is 54.6 Å². The molecule has 0 aliphatic heterocycles. The van der Waals surface area contributed by atoms with Crippen LogP contribution in [0, 0.1) is 16.2 Å². The summed E-state index contributed by atoms with van der Waals surface area (Å²) in [6.45, 7) is 20.9. The molecule has 2 aromatic carbocycles. The third kappa shape index (κ3) is 6.94. The smallest absolute Gasteiger partial charge is 0.358 e. The van der Waals surface area contributed by atoms with Crippen LogP contribution in [0.1, 0.15) is 68.7 Å².